The van der Waals surface area contributed by atoms with Crippen molar-refractivity contribution in [2.75, 3.05) is 0 Å². The van der Waals surface area contributed by atoms with Gasteiger partial charge in [-0.25, -0.2) is 10.1 Å². The molecule has 0 unspecified atom stereocenters. The maximum atomic E-state index is 13.2. The van der Waals surface area contributed by atoms with Crippen LogP contribution in [0.25, 0.3) is 16.4 Å². The minimum atomic E-state index is -4.55. The molecule has 34 heavy (non-hydrogen) atoms. The number of hydrogen-bond acceptors (Lipinski definition) is 4. The van der Waals surface area contributed by atoms with Crippen molar-refractivity contribution in [2.45, 2.75) is 43.8 Å². The summed E-state index contributed by atoms with van der Waals surface area (Å²) in [4.78, 5) is 28.6. The van der Waals surface area contributed by atoms with Crippen LogP contribution >= 0.6 is 0 Å². The van der Waals surface area contributed by atoms with Crippen LogP contribution in [0.5, 0.6) is 0 Å². The Morgan fingerprint density at radius 3 is 2.56 bits per heavy atom. The van der Waals surface area contributed by atoms with E-state index in [1.807, 2.05) is 18.2 Å². The molecule has 0 atom stereocenters. The molecule has 3 heterocycles. The number of halogens is 3. The maximum absolute atomic E-state index is 13.2. The number of carbonyl (C=O) groups is 1. The van der Waals surface area contributed by atoms with Crippen LogP contribution in [0.3, 0.4) is 0 Å². The van der Waals surface area contributed by atoms with Gasteiger partial charge in [0.2, 0.25) is 0 Å². The van der Waals surface area contributed by atoms with E-state index in [1.165, 1.54) is 22.9 Å². The molecule has 2 aliphatic rings. The molecule has 0 radical (unpaired) electrons. The van der Waals surface area contributed by atoms with E-state index in [2.05, 4.69) is 20.5 Å². The van der Waals surface area contributed by atoms with Gasteiger partial charge < -0.3 is 5.32 Å². The minimum Gasteiger partial charge on any atom is -0.348 e. The monoisotopic (exact) mass is 467 g/mol. The van der Waals surface area contributed by atoms with Gasteiger partial charge in [0.15, 0.2) is 0 Å². The Morgan fingerprint density at radius 1 is 1.09 bits per heavy atom. The number of alkyl halides is 3. The van der Waals surface area contributed by atoms with Gasteiger partial charge in [0.25, 0.3) is 11.5 Å². The van der Waals surface area contributed by atoms with Gasteiger partial charge in [-0.2, -0.15) is 18.3 Å². The summed E-state index contributed by atoms with van der Waals surface area (Å²) in [7, 11) is 0. The van der Waals surface area contributed by atoms with Crippen LogP contribution in [-0.4, -0.2) is 31.5 Å². The first-order chi connectivity index (χ1) is 16.2. The molecule has 0 bridgehead atoms. The van der Waals surface area contributed by atoms with E-state index in [-0.39, 0.29) is 34.3 Å². The maximum Gasteiger partial charge on any atom is 0.419 e. The average Bonchev–Trinajstić information content (AvgIpc) is 3.19. The standard InChI is InChI=1S/C24H20F3N5O2/c25-24(26,27)17-6-3-7-32-18(12-28-20(17)32)22(34)29-14-10-23(11-14)8-13(9-23)19-15-4-1-2-5-16(15)21(33)31-30-19/h1-7,12-14H,8-11H2,(H,29,34)(H,31,33). The highest BCUT2D eigenvalue weighted by molar-refractivity contribution is 5.93. The van der Waals surface area contributed by atoms with Crippen LogP contribution in [0.15, 0.2) is 53.6 Å². The number of benzene rings is 1. The fourth-order valence-corrected chi connectivity index (χ4v) is 5.71. The van der Waals surface area contributed by atoms with Crippen molar-refractivity contribution in [1.82, 2.24) is 24.9 Å². The lowest BCUT2D eigenvalue weighted by Gasteiger charge is -2.57. The molecule has 174 valence electrons. The molecule has 7 nitrogen and oxygen atoms in total. The summed E-state index contributed by atoms with van der Waals surface area (Å²) in [6.07, 6.45) is 1.50. The van der Waals surface area contributed by atoms with E-state index in [0.29, 0.717) is 5.39 Å². The number of amides is 1. The second kappa shape index (κ2) is 7.15. The number of hydrogen-bond donors (Lipinski definition) is 2. The smallest absolute Gasteiger partial charge is 0.348 e. The Kier molecular flexibility index (Phi) is 4.39. The molecule has 2 saturated carbocycles. The molecular formula is C24H20F3N5O2. The summed E-state index contributed by atoms with van der Waals surface area (Å²) < 4.78 is 40.8. The molecule has 0 saturated heterocycles. The van der Waals surface area contributed by atoms with Crippen LogP contribution in [0, 0.1) is 5.41 Å². The summed E-state index contributed by atoms with van der Waals surface area (Å²) in [5.41, 5.74) is -0.246. The second-order valence-corrected chi connectivity index (χ2v) is 9.42. The fraction of sp³-hybridized carbons (Fsp3) is 0.333. The number of fused-ring (bicyclic) bond motifs is 2. The number of imidazole rings is 1. The first-order valence-corrected chi connectivity index (χ1v) is 11.1. The largest absolute Gasteiger partial charge is 0.419 e. The quantitative estimate of drug-likeness (QED) is 0.476. The summed E-state index contributed by atoms with van der Waals surface area (Å²) in [5, 5.41) is 11.4. The van der Waals surface area contributed by atoms with Gasteiger partial charge in [-0.3, -0.25) is 14.0 Å². The molecule has 6 rings (SSSR count). The third-order valence-corrected chi connectivity index (χ3v) is 7.24. The van der Waals surface area contributed by atoms with Gasteiger partial charge in [0, 0.05) is 23.5 Å². The molecule has 3 aromatic heterocycles. The van der Waals surface area contributed by atoms with Gasteiger partial charge in [0.1, 0.15) is 11.3 Å². The molecule has 1 amide bonds. The van der Waals surface area contributed by atoms with Crippen LogP contribution in [-0.2, 0) is 6.18 Å². The van der Waals surface area contributed by atoms with Crippen molar-refractivity contribution in [1.29, 1.82) is 0 Å². The predicted octanol–water partition coefficient (Wildman–Crippen LogP) is 4.05. The van der Waals surface area contributed by atoms with Gasteiger partial charge >= 0.3 is 6.18 Å². The Hall–Kier alpha value is -3.69. The lowest BCUT2D eigenvalue weighted by Crippen LogP contribution is -2.55. The Bertz CT molecular complexity index is 1490. The molecule has 0 aliphatic heterocycles. The molecule has 1 spiro atoms. The van der Waals surface area contributed by atoms with Crippen molar-refractivity contribution in [2.24, 2.45) is 5.41 Å². The molecule has 2 fully saturated rings. The first-order valence-electron chi connectivity index (χ1n) is 11.1. The highest BCUT2D eigenvalue weighted by Gasteiger charge is 2.54. The number of nitrogens with zero attached hydrogens (tertiary/aromatic N) is 3. The number of carbonyl (C=O) groups excluding carboxylic acids is 1. The van der Waals surface area contributed by atoms with E-state index in [4.69, 9.17) is 0 Å². The SMILES string of the molecule is O=C(NC1CC2(C1)CC(c1n[nH]c(=O)c3ccccc13)C2)c1cnc2c(C(F)(F)F)cccn12. The topological polar surface area (TPSA) is 92.1 Å². The molecule has 2 aliphatic carbocycles. The number of pyridine rings is 1. The molecule has 4 aromatic rings. The average molecular weight is 467 g/mol. The van der Waals surface area contributed by atoms with Crippen molar-refractivity contribution in [3.05, 3.63) is 76.1 Å². The summed E-state index contributed by atoms with van der Waals surface area (Å²) in [6.45, 7) is 0. The molecule has 1 aromatic carbocycles. The van der Waals surface area contributed by atoms with Gasteiger partial charge in [-0.1, -0.05) is 18.2 Å². The number of H-pyrrole nitrogens is 1. The van der Waals surface area contributed by atoms with Gasteiger partial charge in [0.05, 0.1) is 22.8 Å². The molecular weight excluding hydrogens is 447 g/mol. The Labute approximate surface area is 191 Å². The lowest BCUT2D eigenvalue weighted by atomic mass is 9.49. The zero-order valence-corrected chi connectivity index (χ0v) is 17.9. The molecule has 2 N–H and O–H groups in total. The van der Waals surface area contributed by atoms with Crippen LogP contribution in [0.4, 0.5) is 13.2 Å². The third-order valence-electron chi connectivity index (χ3n) is 7.24. The van der Waals surface area contributed by atoms with Crippen molar-refractivity contribution >= 4 is 22.3 Å². The number of nitrogens with one attached hydrogen (secondary N) is 2. The van der Waals surface area contributed by atoms with Gasteiger partial charge in [-0.15, -0.1) is 0 Å². The zero-order chi connectivity index (χ0) is 23.7. The summed E-state index contributed by atoms with van der Waals surface area (Å²) in [6, 6.07) is 9.61. The summed E-state index contributed by atoms with van der Waals surface area (Å²) in [5.74, 6) is -0.186. The summed E-state index contributed by atoms with van der Waals surface area (Å²) >= 11 is 0. The first kappa shape index (κ1) is 20.9. The minimum absolute atomic E-state index is 0.0370. The van der Waals surface area contributed by atoms with Gasteiger partial charge in [-0.05, 0) is 49.3 Å². The van der Waals surface area contributed by atoms with E-state index in [9.17, 15) is 22.8 Å². The fourth-order valence-electron chi connectivity index (χ4n) is 5.71. The second-order valence-electron chi connectivity index (χ2n) is 9.42. The Balaban J connectivity index is 1.12. The molecule has 10 heteroatoms. The van der Waals surface area contributed by atoms with E-state index >= 15 is 0 Å². The van der Waals surface area contributed by atoms with Crippen molar-refractivity contribution in [3.8, 4) is 0 Å². The highest BCUT2D eigenvalue weighted by Crippen LogP contribution is 2.62. The zero-order valence-electron chi connectivity index (χ0n) is 17.9. The van der Waals surface area contributed by atoms with Crippen LogP contribution < -0.4 is 10.9 Å². The van der Waals surface area contributed by atoms with Crippen molar-refractivity contribution < 1.29 is 18.0 Å². The predicted molar refractivity (Wildman–Crippen MR) is 117 cm³/mol. The van der Waals surface area contributed by atoms with E-state index in [0.717, 1.165) is 42.8 Å². The van der Waals surface area contributed by atoms with E-state index in [1.54, 1.807) is 6.07 Å². The van der Waals surface area contributed by atoms with Crippen LogP contribution in [0.2, 0.25) is 0 Å². The van der Waals surface area contributed by atoms with E-state index < -0.39 is 17.6 Å². The number of aromatic amines is 1. The van der Waals surface area contributed by atoms with Crippen LogP contribution in [0.1, 0.15) is 53.3 Å². The Morgan fingerprint density at radius 2 is 1.82 bits per heavy atom. The van der Waals surface area contributed by atoms with Crippen molar-refractivity contribution in [3.63, 3.8) is 0 Å². The normalized spacial score (nSPS) is 24.2. The highest BCUT2D eigenvalue weighted by atomic mass is 19.4. The number of rotatable bonds is 3. The third kappa shape index (κ3) is 3.19. The number of aromatic nitrogens is 4. The lowest BCUT2D eigenvalue weighted by molar-refractivity contribution is -0.136.